The molecule has 3 fully saturated rings. The second-order valence-corrected chi connectivity index (χ2v) is 12.4. The summed E-state index contributed by atoms with van der Waals surface area (Å²) >= 11 is 0. The number of amides is 1. The number of carbonyl (C=O) groups is 1. The van der Waals surface area contributed by atoms with Crippen LogP contribution in [0.3, 0.4) is 0 Å². The van der Waals surface area contributed by atoms with E-state index < -0.39 is 15.4 Å². The number of hydrogen-bond acceptors (Lipinski definition) is 9. The number of fused-ring (bicyclic) bond motifs is 3. The van der Waals surface area contributed by atoms with Crippen molar-refractivity contribution in [2.75, 3.05) is 31.4 Å². The van der Waals surface area contributed by atoms with Gasteiger partial charge in [0.15, 0.2) is 11.6 Å². The van der Waals surface area contributed by atoms with E-state index in [-0.39, 0.29) is 23.0 Å². The van der Waals surface area contributed by atoms with Crippen molar-refractivity contribution in [2.45, 2.75) is 55.1 Å². The number of methoxy groups -OCH3 is 1. The van der Waals surface area contributed by atoms with Gasteiger partial charge in [0.05, 0.1) is 25.3 Å². The summed E-state index contributed by atoms with van der Waals surface area (Å²) < 4.78 is 37.9. The van der Waals surface area contributed by atoms with Crippen LogP contribution in [0.25, 0.3) is 0 Å². The van der Waals surface area contributed by atoms with Crippen molar-refractivity contribution >= 4 is 27.4 Å². The smallest absolute Gasteiger partial charge is 0.241 e. The number of ether oxygens (including phenoxy) is 2. The van der Waals surface area contributed by atoms with E-state index in [2.05, 4.69) is 31.2 Å². The van der Waals surface area contributed by atoms with Crippen LogP contribution in [0.15, 0.2) is 35.4 Å². The van der Waals surface area contributed by atoms with E-state index in [0.717, 1.165) is 42.7 Å². The Balaban J connectivity index is 1.15. The number of benzene rings is 1. The second-order valence-electron chi connectivity index (χ2n) is 10.6. The van der Waals surface area contributed by atoms with Crippen molar-refractivity contribution in [3.8, 4) is 11.5 Å². The second kappa shape index (κ2) is 9.37. The number of anilines is 2. The van der Waals surface area contributed by atoms with Gasteiger partial charge in [-0.3, -0.25) is 10.2 Å². The molecule has 5 N–H and O–H groups in total. The Labute approximate surface area is 222 Å². The number of carbonyl (C=O) groups excluding carboxylic acids is 1. The van der Waals surface area contributed by atoms with Gasteiger partial charge in [-0.05, 0) is 75.3 Å². The Morgan fingerprint density at radius 2 is 2.05 bits per heavy atom. The van der Waals surface area contributed by atoms with Crippen molar-refractivity contribution < 1.29 is 22.7 Å². The standard InChI is InChI=1S/C26H34N6O5S/c1-4-37-22-11-16(38(34,35)27-2)13-28-24(22)30-23-17-7-5-14(9-21(17)31-32-23)19-12-26(19)18-10-15(36-3)6-8-20(18)29-25(26)33/h6,8,10-11,13-14,17,19,21,23,27,31-32H,4-5,7,9,12H2,1-3H3,(H,28,30)(H,29,33)/t14?,17?,19-,21?,23?,26-/m0/s1. The van der Waals surface area contributed by atoms with E-state index in [0.29, 0.717) is 35.9 Å². The van der Waals surface area contributed by atoms with Crippen LogP contribution in [-0.2, 0) is 20.2 Å². The first-order valence-electron chi connectivity index (χ1n) is 13.1. The van der Waals surface area contributed by atoms with Crippen molar-refractivity contribution in [1.29, 1.82) is 0 Å². The van der Waals surface area contributed by atoms with E-state index in [4.69, 9.17) is 9.47 Å². The third-order valence-electron chi connectivity index (χ3n) is 8.74. The molecule has 1 spiro atoms. The van der Waals surface area contributed by atoms with Crippen LogP contribution in [-0.4, -0.2) is 52.3 Å². The average molecular weight is 543 g/mol. The third-order valence-corrected chi connectivity index (χ3v) is 10.1. The van der Waals surface area contributed by atoms with Gasteiger partial charge in [-0.2, -0.15) is 0 Å². The maximum atomic E-state index is 13.1. The van der Waals surface area contributed by atoms with Crippen LogP contribution in [0.4, 0.5) is 11.5 Å². The predicted molar refractivity (Wildman–Crippen MR) is 141 cm³/mol. The monoisotopic (exact) mass is 542 g/mol. The Morgan fingerprint density at radius 1 is 1.21 bits per heavy atom. The SMILES string of the molecule is CCOc1cc(S(=O)(=O)NC)cnc1NC1NNC2CC([C@@H]3C[C@@]34C(=O)Nc3ccc(OC)cc34)CCC21. The molecule has 4 unspecified atom stereocenters. The van der Waals surface area contributed by atoms with Crippen LogP contribution < -0.4 is 35.7 Å². The molecule has 11 nitrogen and oxygen atoms in total. The summed E-state index contributed by atoms with van der Waals surface area (Å²) in [6.07, 6.45) is 5.11. The van der Waals surface area contributed by atoms with Gasteiger partial charge in [0.2, 0.25) is 15.9 Å². The van der Waals surface area contributed by atoms with Crippen molar-refractivity contribution in [3.63, 3.8) is 0 Å². The number of nitrogens with zero attached hydrogens (tertiary/aromatic N) is 1. The molecule has 2 aliphatic heterocycles. The number of sulfonamides is 1. The number of hydrogen-bond donors (Lipinski definition) is 5. The normalized spacial score (nSPS) is 31.4. The van der Waals surface area contributed by atoms with Crippen molar-refractivity contribution in [3.05, 3.63) is 36.0 Å². The van der Waals surface area contributed by atoms with Gasteiger partial charge in [0, 0.05) is 29.9 Å². The minimum Gasteiger partial charge on any atom is -0.497 e. The van der Waals surface area contributed by atoms with Gasteiger partial charge in [0.1, 0.15) is 10.6 Å². The van der Waals surface area contributed by atoms with E-state index in [1.54, 1.807) is 7.11 Å². The topological polar surface area (TPSA) is 143 Å². The summed E-state index contributed by atoms with van der Waals surface area (Å²) in [5.41, 5.74) is 8.37. The van der Waals surface area contributed by atoms with E-state index in [1.165, 1.54) is 19.3 Å². The molecule has 1 aromatic carbocycles. The number of aromatic nitrogens is 1. The first-order chi connectivity index (χ1) is 18.3. The highest BCUT2D eigenvalue weighted by Gasteiger charge is 2.67. The maximum Gasteiger partial charge on any atom is 0.241 e. The summed E-state index contributed by atoms with van der Waals surface area (Å²) in [6.45, 7) is 2.23. The maximum absolute atomic E-state index is 13.1. The Bertz CT molecular complexity index is 1370. The molecule has 38 heavy (non-hydrogen) atoms. The van der Waals surface area contributed by atoms with Crippen LogP contribution in [0, 0.1) is 17.8 Å². The Morgan fingerprint density at radius 3 is 2.82 bits per heavy atom. The molecule has 6 rings (SSSR count). The number of pyridine rings is 1. The molecule has 0 bridgehead atoms. The lowest BCUT2D eigenvalue weighted by Gasteiger charge is -2.34. The highest BCUT2D eigenvalue weighted by atomic mass is 32.2. The first kappa shape index (κ1) is 25.4. The van der Waals surface area contributed by atoms with Crippen molar-refractivity contribution in [1.82, 2.24) is 20.6 Å². The summed E-state index contributed by atoms with van der Waals surface area (Å²) in [5.74, 6) is 2.85. The molecule has 1 amide bonds. The molecule has 3 heterocycles. The number of rotatable bonds is 8. The van der Waals surface area contributed by atoms with Gasteiger partial charge < -0.3 is 20.1 Å². The quantitative estimate of drug-likeness (QED) is 0.338. The molecule has 12 heteroatoms. The zero-order valence-electron chi connectivity index (χ0n) is 21.7. The minimum absolute atomic E-state index is 0.0541. The molecular weight excluding hydrogens is 508 g/mol. The van der Waals surface area contributed by atoms with Gasteiger partial charge in [-0.1, -0.05) is 0 Å². The van der Waals surface area contributed by atoms with E-state index in [9.17, 15) is 13.2 Å². The van der Waals surface area contributed by atoms with Gasteiger partial charge in [-0.15, -0.1) is 0 Å². The van der Waals surface area contributed by atoms with Gasteiger partial charge in [-0.25, -0.2) is 23.5 Å². The highest BCUT2D eigenvalue weighted by Crippen LogP contribution is 2.65. The zero-order chi connectivity index (χ0) is 26.7. The van der Waals surface area contributed by atoms with E-state index in [1.807, 2.05) is 25.1 Å². The fraction of sp³-hybridized carbons (Fsp3) is 0.538. The molecule has 0 radical (unpaired) electrons. The summed E-state index contributed by atoms with van der Waals surface area (Å²) in [5, 5.41) is 6.52. The fourth-order valence-electron chi connectivity index (χ4n) is 6.73. The summed E-state index contributed by atoms with van der Waals surface area (Å²) in [6, 6.07) is 7.59. The largest absolute Gasteiger partial charge is 0.497 e. The van der Waals surface area contributed by atoms with E-state index >= 15 is 0 Å². The number of hydrazine groups is 1. The fourth-order valence-corrected chi connectivity index (χ4v) is 7.42. The summed E-state index contributed by atoms with van der Waals surface area (Å²) in [4.78, 5) is 17.5. The summed E-state index contributed by atoms with van der Waals surface area (Å²) in [7, 11) is -0.613. The lowest BCUT2D eigenvalue weighted by atomic mass is 9.74. The molecule has 4 aliphatic rings. The third kappa shape index (κ3) is 4.01. The molecule has 1 aromatic heterocycles. The molecular formula is C26H34N6O5S. The van der Waals surface area contributed by atoms with Crippen LogP contribution in [0.5, 0.6) is 11.5 Å². The number of nitrogens with one attached hydrogen (secondary N) is 5. The zero-order valence-corrected chi connectivity index (χ0v) is 22.5. The van der Waals surface area contributed by atoms with Crippen LogP contribution >= 0.6 is 0 Å². The van der Waals surface area contributed by atoms with Crippen molar-refractivity contribution in [2.24, 2.45) is 17.8 Å². The molecule has 204 valence electrons. The Hall–Kier alpha value is -2.93. The average Bonchev–Trinajstić information content (AvgIpc) is 3.47. The van der Waals surface area contributed by atoms with Gasteiger partial charge in [0.25, 0.3) is 0 Å². The predicted octanol–water partition coefficient (Wildman–Crippen LogP) is 1.94. The first-order valence-corrected chi connectivity index (χ1v) is 14.6. The van der Waals surface area contributed by atoms with Gasteiger partial charge >= 0.3 is 0 Å². The molecule has 1 saturated heterocycles. The highest BCUT2D eigenvalue weighted by molar-refractivity contribution is 7.89. The van der Waals surface area contributed by atoms with Crippen LogP contribution in [0.1, 0.15) is 38.2 Å². The molecule has 2 aliphatic carbocycles. The lowest BCUT2D eigenvalue weighted by molar-refractivity contribution is -0.118. The molecule has 6 atom stereocenters. The lowest BCUT2D eigenvalue weighted by Crippen LogP contribution is -2.39. The minimum atomic E-state index is -3.63. The molecule has 2 saturated carbocycles. The molecule has 2 aromatic rings. The Kier molecular flexibility index (Phi) is 6.25. The van der Waals surface area contributed by atoms with Crippen LogP contribution in [0.2, 0.25) is 0 Å².